The minimum atomic E-state index is 0.182. The number of carbonyl (C=O) groups excluding carboxylic acids is 1. The van der Waals surface area contributed by atoms with Gasteiger partial charge in [0.05, 0.1) is 11.6 Å². The fourth-order valence-electron chi connectivity index (χ4n) is 2.64. The Morgan fingerprint density at radius 1 is 1.32 bits per heavy atom. The molecule has 1 aromatic heterocycles. The first-order valence-corrected chi connectivity index (χ1v) is 7.79. The van der Waals surface area contributed by atoms with E-state index in [1.807, 2.05) is 30.1 Å². The first-order valence-electron chi connectivity index (χ1n) is 7.79. The number of carbonyl (C=O) groups is 1. The van der Waals surface area contributed by atoms with E-state index in [2.05, 4.69) is 33.7 Å². The highest BCUT2D eigenvalue weighted by Crippen LogP contribution is 2.17. The maximum absolute atomic E-state index is 12.0. The van der Waals surface area contributed by atoms with Crippen LogP contribution < -0.4 is 5.32 Å². The largest absolute Gasteiger partial charge is 0.345 e. The van der Waals surface area contributed by atoms with E-state index in [-0.39, 0.29) is 11.8 Å². The average molecular weight is 298 g/mol. The van der Waals surface area contributed by atoms with Gasteiger partial charge in [0, 0.05) is 37.9 Å². The first kappa shape index (κ1) is 14.8. The Kier molecular flexibility index (Phi) is 4.53. The van der Waals surface area contributed by atoms with E-state index < -0.39 is 0 Å². The van der Waals surface area contributed by atoms with Gasteiger partial charge in [-0.25, -0.2) is 0 Å². The van der Waals surface area contributed by atoms with Gasteiger partial charge in [-0.15, -0.1) is 0 Å². The molecule has 0 bridgehead atoms. The third kappa shape index (κ3) is 3.36. The quantitative estimate of drug-likeness (QED) is 0.853. The van der Waals surface area contributed by atoms with E-state index >= 15 is 0 Å². The van der Waals surface area contributed by atoms with Crippen molar-refractivity contribution in [1.82, 2.24) is 20.4 Å². The van der Waals surface area contributed by atoms with Crippen LogP contribution >= 0.6 is 0 Å². The van der Waals surface area contributed by atoms with Crippen LogP contribution in [-0.4, -0.2) is 47.7 Å². The molecule has 22 heavy (non-hydrogen) atoms. The molecule has 1 amide bonds. The van der Waals surface area contributed by atoms with Gasteiger partial charge >= 0.3 is 0 Å². The van der Waals surface area contributed by atoms with Crippen LogP contribution in [0, 0.1) is 5.92 Å². The van der Waals surface area contributed by atoms with E-state index in [0.29, 0.717) is 0 Å². The molecule has 0 atom stereocenters. The molecule has 0 aliphatic carbocycles. The summed E-state index contributed by atoms with van der Waals surface area (Å²) in [6, 6.07) is 12.2. The van der Waals surface area contributed by atoms with Crippen LogP contribution in [0.25, 0.3) is 11.3 Å². The Morgan fingerprint density at radius 2 is 2.09 bits per heavy atom. The minimum Gasteiger partial charge on any atom is -0.345 e. The molecule has 1 aromatic carbocycles. The number of benzene rings is 1. The van der Waals surface area contributed by atoms with E-state index in [0.717, 1.165) is 49.4 Å². The van der Waals surface area contributed by atoms with Gasteiger partial charge in [0.15, 0.2) is 0 Å². The molecule has 0 unspecified atom stereocenters. The van der Waals surface area contributed by atoms with Crippen LogP contribution in [0.1, 0.15) is 12.1 Å². The zero-order valence-electron chi connectivity index (χ0n) is 12.9. The lowest BCUT2D eigenvalue weighted by atomic mass is 10.0. The highest BCUT2D eigenvalue weighted by atomic mass is 16.2. The predicted molar refractivity (Wildman–Crippen MR) is 86.3 cm³/mol. The predicted octanol–water partition coefficient (Wildman–Crippen LogP) is 1.69. The number of aromatic amines is 1. The molecule has 2 aromatic rings. The summed E-state index contributed by atoms with van der Waals surface area (Å²) in [7, 11) is 1.89. The third-order valence-electron chi connectivity index (χ3n) is 4.15. The Bertz CT molecular complexity index is 619. The van der Waals surface area contributed by atoms with Gasteiger partial charge in [-0.1, -0.05) is 30.3 Å². The van der Waals surface area contributed by atoms with Crippen molar-refractivity contribution in [2.45, 2.75) is 12.8 Å². The van der Waals surface area contributed by atoms with Crippen molar-refractivity contribution in [3.63, 3.8) is 0 Å². The van der Waals surface area contributed by atoms with Gasteiger partial charge in [0.25, 0.3) is 0 Å². The lowest BCUT2D eigenvalue weighted by Crippen LogP contribution is -2.51. The summed E-state index contributed by atoms with van der Waals surface area (Å²) in [5, 5.41) is 10.6. The van der Waals surface area contributed by atoms with Crippen molar-refractivity contribution in [2.24, 2.45) is 5.92 Å². The molecule has 5 heteroatoms. The lowest BCUT2D eigenvalue weighted by molar-refractivity contribution is -0.135. The number of H-pyrrole nitrogens is 1. The monoisotopic (exact) mass is 298 g/mol. The van der Waals surface area contributed by atoms with E-state index in [9.17, 15) is 4.79 Å². The van der Waals surface area contributed by atoms with Crippen LogP contribution in [0.2, 0.25) is 0 Å². The van der Waals surface area contributed by atoms with Gasteiger partial charge < -0.3 is 10.2 Å². The van der Waals surface area contributed by atoms with Gasteiger partial charge in [-0.3, -0.25) is 9.89 Å². The molecular weight excluding hydrogens is 276 g/mol. The highest BCUT2D eigenvalue weighted by molar-refractivity contribution is 5.79. The van der Waals surface area contributed by atoms with Crippen LogP contribution in [0.5, 0.6) is 0 Å². The molecule has 5 nitrogen and oxygen atoms in total. The molecule has 1 aliphatic heterocycles. The number of hydrogen-bond donors (Lipinski definition) is 2. The van der Waals surface area contributed by atoms with Crippen LogP contribution in [-0.2, 0) is 11.2 Å². The molecule has 116 valence electrons. The van der Waals surface area contributed by atoms with Crippen molar-refractivity contribution in [3.8, 4) is 11.3 Å². The number of aryl methyl sites for hydroxylation is 1. The molecule has 1 aliphatic rings. The summed E-state index contributed by atoms with van der Waals surface area (Å²) in [6.45, 7) is 2.43. The number of nitrogens with zero attached hydrogens (tertiary/aromatic N) is 2. The van der Waals surface area contributed by atoms with Gasteiger partial charge in [0.1, 0.15) is 0 Å². The molecule has 1 fully saturated rings. The molecule has 2 N–H and O–H groups in total. The molecule has 2 heterocycles. The van der Waals surface area contributed by atoms with E-state index in [1.165, 1.54) is 0 Å². The summed E-state index contributed by atoms with van der Waals surface area (Å²) in [5.74, 6) is 0.440. The molecule has 1 saturated heterocycles. The number of aromatic nitrogens is 2. The first-order chi connectivity index (χ1) is 10.7. The molecule has 0 radical (unpaired) electrons. The summed E-state index contributed by atoms with van der Waals surface area (Å²) in [6.07, 6.45) is 1.85. The third-order valence-corrected chi connectivity index (χ3v) is 4.15. The number of amides is 1. The maximum Gasteiger partial charge on any atom is 0.227 e. The van der Waals surface area contributed by atoms with Crippen LogP contribution in [0.4, 0.5) is 0 Å². The zero-order chi connectivity index (χ0) is 15.4. The second-order valence-electron chi connectivity index (χ2n) is 5.86. The summed E-state index contributed by atoms with van der Waals surface area (Å²) >= 11 is 0. The summed E-state index contributed by atoms with van der Waals surface area (Å²) < 4.78 is 0. The van der Waals surface area contributed by atoms with Gasteiger partial charge in [-0.05, 0) is 18.9 Å². The maximum atomic E-state index is 12.0. The standard InChI is InChI=1S/C17H22N4O/c1-21(17(22)14-11-18-12-14)9-5-8-15-10-16(20-19-15)13-6-3-2-4-7-13/h2-4,6-7,10,14,18H,5,8-9,11-12H2,1H3,(H,19,20). The summed E-state index contributed by atoms with van der Waals surface area (Å²) in [4.78, 5) is 13.9. The Labute approximate surface area is 130 Å². The van der Waals surface area contributed by atoms with Crippen molar-refractivity contribution in [1.29, 1.82) is 0 Å². The molecular formula is C17H22N4O. The highest BCUT2D eigenvalue weighted by Gasteiger charge is 2.27. The Morgan fingerprint density at radius 3 is 2.77 bits per heavy atom. The van der Waals surface area contributed by atoms with Crippen LogP contribution in [0.15, 0.2) is 36.4 Å². The lowest BCUT2D eigenvalue weighted by Gasteiger charge is -2.30. The number of rotatable bonds is 6. The van der Waals surface area contributed by atoms with Crippen LogP contribution in [0.3, 0.4) is 0 Å². The van der Waals surface area contributed by atoms with Crippen molar-refractivity contribution >= 4 is 5.91 Å². The normalized spacial score (nSPS) is 14.6. The van der Waals surface area contributed by atoms with Crippen molar-refractivity contribution in [3.05, 3.63) is 42.1 Å². The second kappa shape index (κ2) is 6.75. The number of hydrogen-bond acceptors (Lipinski definition) is 3. The van der Waals surface area contributed by atoms with E-state index in [1.54, 1.807) is 0 Å². The minimum absolute atomic E-state index is 0.182. The smallest absolute Gasteiger partial charge is 0.227 e. The zero-order valence-corrected chi connectivity index (χ0v) is 12.9. The fraction of sp³-hybridized carbons (Fsp3) is 0.412. The Hall–Kier alpha value is -2.14. The number of nitrogens with one attached hydrogen (secondary N) is 2. The fourth-order valence-corrected chi connectivity index (χ4v) is 2.64. The SMILES string of the molecule is CN(CCCc1cc(-c2ccccc2)n[nH]1)C(=O)C1CNC1. The molecule has 0 saturated carbocycles. The van der Waals surface area contributed by atoms with Gasteiger partial charge in [0.2, 0.25) is 5.91 Å². The molecule has 3 rings (SSSR count). The van der Waals surface area contributed by atoms with E-state index in [4.69, 9.17) is 0 Å². The molecule has 0 spiro atoms. The Balaban J connectivity index is 1.48. The second-order valence-corrected chi connectivity index (χ2v) is 5.86. The van der Waals surface area contributed by atoms with Crippen molar-refractivity contribution < 1.29 is 4.79 Å². The van der Waals surface area contributed by atoms with Gasteiger partial charge in [-0.2, -0.15) is 5.10 Å². The summed E-state index contributed by atoms with van der Waals surface area (Å²) in [5.41, 5.74) is 3.21. The van der Waals surface area contributed by atoms with Crippen molar-refractivity contribution in [2.75, 3.05) is 26.7 Å². The topological polar surface area (TPSA) is 61.0 Å². The average Bonchev–Trinajstić information content (AvgIpc) is 2.95.